The third kappa shape index (κ3) is 4.34. The fourth-order valence-corrected chi connectivity index (χ4v) is 4.97. The zero-order valence-corrected chi connectivity index (χ0v) is 17.1. The molecule has 29 heavy (non-hydrogen) atoms. The molecule has 1 saturated carbocycles. The molecule has 0 radical (unpaired) electrons. The van der Waals surface area contributed by atoms with Crippen molar-refractivity contribution in [1.29, 1.82) is 0 Å². The molecule has 4 rings (SSSR count). The maximum Gasteiger partial charge on any atom is 0.255 e. The number of amides is 1. The first-order valence-electron chi connectivity index (χ1n) is 9.75. The molecule has 1 amide bonds. The van der Waals surface area contributed by atoms with Gasteiger partial charge in [0, 0.05) is 51.4 Å². The predicted octanol–water partition coefficient (Wildman–Crippen LogP) is 2.09. The molecule has 8 nitrogen and oxygen atoms in total. The highest BCUT2D eigenvalue weighted by Crippen LogP contribution is 2.32. The van der Waals surface area contributed by atoms with E-state index in [2.05, 4.69) is 9.97 Å². The maximum atomic E-state index is 12.5. The number of aromatic nitrogens is 2. The van der Waals surface area contributed by atoms with Crippen molar-refractivity contribution in [3.8, 4) is 5.88 Å². The Labute approximate surface area is 170 Å². The van der Waals surface area contributed by atoms with E-state index in [4.69, 9.17) is 4.74 Å². The highest BCUT2D eigenvalue weighted by Gasteiger charge is 2.39. The fourth-order valence-electron chi connectivity index (χ4n) is 3.38. The van der Waals surface area contributed by atoms with Crippen molar-refractivity contribution < 1.29 is 17.9 Å². The molecule has 0 bridgehead atoms. The quantitative estimate of drug-likeness (QED) is 0.716. The van der Waals surface area contributed by atoms with E-state index in [0.29, 0.717) is 43.1 Å². The standard InChI is InChI=1S/C20H24N4O4S/c1-23(29(26,27)18-5-6-18)16-4-7-19(22-14-16)28-17-8-11-24(12-9-17)20(25)15-3-2-10-21-13-15/h2-4,7,10,13-14,17-18H,5-6,8-9,11-12H2,1H3. The lowest BCUT2D eigenvalue weighted by Gasteiger charge is -2.32. The van der Waals surface area contributed by atoms with Crippen molar-refractivity contribution in [3.05, 3.63) is 48.4 Å². The summed E-state index contributed by atoms with van der Waals surface area (Å²) in [5.74, 6) is 0.446. The van der Waals surface area contributed by atoms with Gasteiger partial charge in [0.1, 0.15) is 6.10 Å². The van der Waals surface area contributed by atoms with E-state index >= 15 is 0 Å². The van der Waals surface area contributed by atoms with Crippen molar-refractivity contribution in [1.82, 2.24) is 14.9 Å². The normalized spacial score (nSPS) is 17.8. The van der Waals surface area contributed by atoms with Gasteiger partial charge in [0.05, 0.1) is 22.7 Å². The first-order chi connectivity index (χ1) is 13.9. The number of anilines is 1. The van der Waals surface area contributed by atoms with Crippen molar-refractivity contribution in [2.45, 2.75) is 37.0 Å². The molecule has 1 aliphatic heterocycles. The van der Waals surface area contributed by atoms with E-state index in [1.165, 1.54) is 10.5 Å². The molecule has 2 aromatic heterocycles. The fraction of sp³-hybridized carbons (Fsp3) is 0.450. The van der Waals surface area contributed by atoms with E-state index < -0.39 is 10.0 Å². The Hall–Kier alpha value is -2.68. The Morgan fingerprint density at radius 3 is 2.48 bits per heavy atom. The molecule has 2 aromatic rings. The summed E-state index contributed by atoms with van der Waals surface area (Å²) in [7, 11) is -1.73. The minimum Gasteiger partial charge on any atom is -0.474 e. The molecular weight excluding hydrogens is 392 g/mol. The second kappa shape index (κ2) is 7.98. The van der Waals surface area contributed by atoms with Crippen molar-refractivity contribution in [2.75, 3.05) is 24.4 Å². The lowest BCUT2D eigenvalue weighted by atomic mass is 10.1. The molecule has 1 aliphatic carbocycles. The van der Waals surface area contributed by atoms with Crippen LogP contribution in [0.5, 0.6) is 5.88 Å². The van der Waals surface area contributed by atoms with Gasteiger partial charge in [-0.15, -0.1) is 0 Å². The van der Waals surface area contributed by atoms with Crippen LogP contribution in [0.15, 0.2) is 42.9 Å². The number of hydrogen-bond acceptors (Lipinski definition) is 6. The molecule has 154 valence electrons. The van der Waals surface area contributed by atoms with Gasteiger partial charge in [0.15, 0.2) is 0 Å². The highest BCUT2D eigenvalue weighted by molar-refractivity contribution is 7.93. The van der Waals surface area contributed by atoms with Crippen molar-refractivity contribution in [2.24, 2.45) is 0 Å². The number of nitrogens with zero attached hydrogens (tertiary/aromatic N) is 4. The topological polar surface area (TPSA) is 92.7 Å². The molecule has 0 atom stereocenters. The van der Waals surface area contributed by atoms with E-state index in [1.807, 2.05) is 4.90 Å². The van der Waals surface area contributed by atoms with Gasteiger partial charge in [0.25, 0.3) is 5.91 Å². The molecule has 0 spiro atoms. The van der Waals surface area contributed by atoms with Crippen LogP contribution in [0.3, 0.4) is 0 Å². The minimum absolute atomic E-state index is 0.0149. The number of piperidine rings is 1. The van der Waals surface area contributed by atoms with Gasteiger partial charge in [-0.25, -0.2) is 13.4 Å². The van der Waals surface area contributed by atoms with E-state index in [9.17, 15) is 13.2 Å². The van der Waals surface area contributed by atoms with Crippen LogP contribution in [-0.4, -0.2) is 60.7 Å². The number of ether oxygens (including phenoxy) is 1. The molecule has 2 fully saturated rings. The molecular formula is C20H24N4O4S. The largest absolute Gasteiger partial charge is 0.474 e. The average Bonchev–Trinajstić information content (AvgIpc) is 3.61. The summed E-state index contributed by atoms with van der Waals surface area (Å²) < 4.78 is 31.9. The number of sulfonamides is 1. The summed E-state index contributed by atoms with van der Waals surface area (Å²) in [5.41, 5.74) is 1.12. The van der Waals surface area contributed by atoms with Crippen LogP contribution in [-0.2, 0) is 10.0 Å². The second-order valence-electron chi connectivity index (χ2n) is 7.42. The zero-order chi connectivity index (χ0) is 20.4. The Bertz CT molecular complexity index is 954. The first kappa shape index (κ1) is 19.6. The maximum absolute atomic E-state index is 12.5. The zero-order valence-electron chi connectivity index (χ0n) is 16.3. The summed E-state index contributed by atoms with van der Waals surface area (Å²) in [5, 5.41) is -0.261. The number of likely N-dealkylation sites (tertiary alicyclic amines) is 1. The van der Waals surface area contributed by atoms with Crippen molar-refractivity contribution >= 4 is 21.6 Å². The van der Waals surface area contributed by atoms with Gasteiger partial charge < -0.3 is 9.64 Å². The summed E-state index contributed by atoms with van der Waals surface area (Å²) >= 11 is 0. The second-order valence-corrected chi connectivity index (χ2v) is 9.66. The Morgan fingerprint density at radius 2 is 1.90 bits per heavy atom. The third-order valence-corrected chi connectivity index (χ3v) is 7.62. The minimum atomic E-state index is -3.29. The molecule has 0 aromatic carbocycles. The molecule has 0 N–H and O–H groups in total. The van der Waals surface area contributed by atoms with Gasteiger partial charge in [-0.2, -0.15) is 0 Å². The molecule has 1 saturated heterocycles. The lowest BCUT2D eigenvalue weighted by molar-refractivity contribution is 0.0587. The summed E-state index contributed by atoms with van der Waals surface area (Å²) in [6.07, 6.45) is 7.60. The van der Waals surface area contributed by atoms with Crippen molar-refractivity contribution in [3.63, 3.8) is 0 Å². The van der Waals surface area contributed by atoms with Gasteiger partial charge >= 0.3 is 0 Å². The number of pyridine rings is 2. The summed E-state index contributed by atoms with van der Waals surface area (Å²) in [4.78, 5) is 22.6. The van der Waals surface area contributed by atoms with Crippen LogP contribution >= 0.6 is 0 Å². The number of hydrogen-bond donors (Lipinski definition) is 0. The van der Waals surface area contributed by atoms with E-state index in [1.54, 1.807) is 43.7 Å². The molecule has 2 aliphatic rings. The average molecular weight is 417 g/mol. The van der Waals surface area contributed by atoms with Crippen LogP contribution in [0.2, 0.25) is 0 Å². The number of carbonyl (C=O) groups excluding carboxylic acids is 1. The van der Waals surface area contributed by atoms with Crippen LogP contribution in [0.25, 0.3) is 0 Å². The predicted molar refractivity (Wildman–Crippen MR) is 108 cm³/mol. The van der Waals surface area contributed by atoms with Gasteiger partial charge in [-0.05, 0) is 31.0 Å². The molecule has 0 unspecified atom stereocenters. The Morgan fingerprint density at radius 1 is 1.14 bits per heavy atom. The summed E-state index contributed by atoms with van der Waals surface area (Å²) in [6.45, 7) is 1.22. The van der Waals surface area contributed by atoms with Crippen LogP contribution < -0.4 is 9.04 Å². The van der Waals surface area contributed by atoms with Gasteiger partial charge in [-0.1, -0.05) is 0 Å². The smallest absolute Gasteiger partial charge is 0.255 e. The van der Waals surface area contributed by atoms with Crippen LogP contribution in [0, 0.1) is 0 Å². The number of carbonyl (C=O) groups is 1. The number of rotatable bonds is 6. The summed E-state index contributed by atoms with van der Waals surface area (Å²) in [6, 6.07) is 6.93. The Kier molecular flexibility index (Phi) is 5.40. The lowest BCUT2D eigenvalue weighted by Crippen LogP contribution is -2.41. The molecule has 3 heterocycles. The molecule has 9 heteroatoms. The van der Waals surface area contributed by atoms with Gasteiger partial charge in [-0.3, -0.25) is 14.1 Å². The Balaban J connectivity index is 1.31. The first-order valence-corrected chi connectivity index (χ1v) is 11.3. The van der Waals surface area contributed by atoms with E-state index in [-0.39, 0.29) is 17.3 Å². The highest BCUT2D eigenvalue weighted by atomic mass is 32.2. The van der Waals surface area contributed by atoms with Crippen LogP contribution in [0.4, 0.5) is 5.69 Å². The SMILES string of the molecule is CN(c1ccc(OC2CCN(C(=O)c3cccnc3)CC2)nc1)S(=O)(=O)C1CC1. The monoisotopic (exact) mass is 416 g/mol. The third-order valence-electron chi connectivity index (χ3n) is 5.34. The van der Waals surface area contributed by atoms with E-state index in [0.717, 1.165) is 12.8 Å². The van der Waals surface area contributed by atoms with Crippen LogP contribution in [0.1, 0.15) is 36.0 Å². The van der Waals surface area contributed by atoms with Gasteiger partial charge in [0.2, 0.25) is 15.9 Å².